The Hall–Kier alpha value is -3.79. The number of benzene rings is 2. The molecule has 4 heterocycles. The molecule has 8 nitrogen and oxygen atoms in total. The van der Waals surface area contributed by atoms with E-state index in [1.807, 2.05) is 4.90 Å². The number of nitrogens with one attached hydrogen (secondary N) is 1. The highest BCUT2D eigenvalue weighted by atomic mass is 35.5. The number of piperazine rings is 1. The monoisotopic (exact) mass is 482 g/mol. The molecule has 2 aromatic heterocycles. The Morgan fingerprint density at radius 2 is 2.12 bits per heavy atom. The zero-order valence-electron chi connectivity index (χ0n) is 17.7. The summed E-state index contributed by atoms with van der Waals surface area (Å²) in [6, 6.07) is 2.50. The molecule has 0 unspecified atom stereocenters. The number of amides is 1. The summed E-state index contributed by atoms with van der Waals surface area (Å²) in [5.74, 6) is -0.964. The van der Waals surface area contributed by atoms with Crippen LogP contribution in [0.25, 0.3) is 32.9 Å². The normalized spacial score (nSPS) is 17.4. The molecule has 1 saturated heterocycles. The van der Waals surface area contributed by atoms with Crippen molar-refractivity contribution in [3.8, 4) is 16.9 Å². The lowest BCUT2D eigenvalue weighted by molar-refractivity contribution is -0.126. The Balaban J connectivity index is 1.58. The van der Waals surface area contributed by atoms with Gasteiger partial charge in [-0.1, -0.05) is 18.2 Å². The maximum atomic E-state index is 16.0. The molecule has 0 radical (unpaired) electrons. The number of nitrogens with zero attached hydrogens (tertiary/aromatic N) is 5. The van der Waals surface area contributed by atoms with E-state index < -0.39 is 11.6 Å². The number of rotatable bonds is 2. The first kappa shape index (κ1) is 20.8. The van der Waals surface area contributed by atoms with Crippen LogP contribution in [0.4, 0.5) is 14.6 Å². The summed E-state index contributed by atoms with van der Waals surface area (Å²) < 4.78 is 37.2. The molecule has 0 bridgehead atoms. The minimum Gasteiger partial charge on any atom is -0.489 e. The van der Waals surface area contributed by atoms with Gasteiger partial charge in [-0.15, -0.1) is 0 Å². The number of fused-ring (bicyclic) bond motifs is 3. The van der Waals surface area contributed by atoms with Gasteiger partial charge in [-0.2, -0.15) is 5.10 Å². The first-order chi connectivity index (χ1) is 16.5. The van der Waals surface area contributed by atoms with Gasteiger partial charge in [0, 0.05) is 36.1 Å². The zero-order chi connectivity index (χ0) is 23.6. The van der Waals surface area contributed by atoms with Crippen LogP contribution in [-0.2, 0) is 4.79 Å². The van der Waals surface area contributed by atoms with E-state index in [0.717, 1.165) is 0 Å². The predicted molar refractivity (Wildman–Crippen MR) is 123 cm³/mol. The summed E-state index contributed by atoms with van der Waals surface area (Å²) >= 11 is 6.73. The molecule has 34 heavy (non-hydrogen) atoms. The average Bonchev–Trinajstić information content (AvgIpc) is 3.26. The minimum atomic E-state index is -0.775. The van der Waals surface area contributed by atoms with Gasteiger partial charge in [-0.25, -0.2) is 18.7 Å². The van der Waals surface area contributed by atoms with E-state index >= 15 is 8.78 Å². The highest BCUT2D eigenvalue weighted by Gasteiger charge is 2.37. The largest absolute Gasteiger partial charge is 0.489 e. The number of anilines is 1. The number of ether oxygens (including phenoxy) is 1. The van der Waals surface area contributed by atoms with E-state index in [1.54, 1.807) is 4.90 Å². The third kappa shape index (κ3) is 2.88. The first-order valence-corrected chi connectivity index (χ1v) is 11.0. The van der Waals surface area contributed by atoms with E-state index in [2.05, 4.69) is 26.7 Å². The fourth-order valence-electron chi connectivity index (χ4n) is 4.79. The number of aromatic nitrogens is 4. The lowest BCUT2D eigenvalue weighted by atomic mass is 9.98. The quantitative estimate of drug-likeness (QED) is 0.438. The van der Waals surface area contributed by atoms with Gasteiger partial charge in [0.15, 0.2) is 11.6 Å². The molecule has 0 spiro atoms. The molecule has 6 rings (SSSR count). The Morgan fingerprint density at radius 1 is 1.26 bits per heavy atom. The van der Waals surface area contributed by atoms with Crippen LogP contribution in [0.1, 0.15) is 0 Å². The molecule has 0 saturated carbocycles. The summed E-state index contributed by atoms with van der Waals surface area (Å²) in [7, 11) is 0. The second kappa shape index (κ2) is 7.63. The maximum absolute atomic E-state index is 16.0. The predicted octanol–water partition coefficient (Wildman–Crippen LogP) is 3.70. The molecule has 1 atom stereocenters. The van der Waals surface area contributed by atoms with E-state index in [4.69, 9.17) is 16.3 Å². The molecule has 4 aromatic rings. The number of carbonyl (C=O) groups excluding carboxylic acids is 1. The standard InChI is InChI=1S/C23H17ClF2N6O2/c1-2-15(33)31-5-6-32-11(8-31)9-34-22-18-21(27-10-28-23(18)32)20(26)17(19(22)24)16-12-7-29-30-14(12)4-3-13(16)25/h2-4,7,10-11H,1,5-6,8-9H2,(H,29,30)/t11-/m0/s1. The average molecular weight is 483 g/mol. The van der Waals surface area contributed by atoms with Crippen molar-refractivity contribution in [2.24, 2.45) is 0 Å². The molecule has 1 fully saturated rings. The molecule has 0 aliphatic carbocycles. The summed E-state index contributed by atoms with van der Waals surface area (Å²) in [6.45, 7) is 5.00. The molecule has 2 aliphatic rings. The fourth-order valence-corrected chi connectivity index (χ4v) is 5.12. The fraction of sp³-hybridized carbons (Fsp3) is 0.217. The van der Waals surface area contributed by atoms with Crippen molar-refractivity contribution >= 4 is 45.1 Å². The van der Waals surface area contributed by atoms with Gasteiger partial charge in [0.2, 0.25) is 5.91 Å². The van der Waals surface area contributed by atoms with Crippen LogP contribution in [0.3, 0.4) is 0 Å². The van der Waals surface area contributed by atoms with E-state index in [0.29, 0.717) is 41.7 Å². The molecule has 1 N–H and O–H groups in total. The lowest BCUT2D eigenvalue weighted by Crippen LogP contribution is -2.56. The van der Waals surface area contributed by atoms with Crippen molar-refractivity contribution in [3.63, 3.8) is 0 Å². The van der Waals surface area contributed by atoms with Crippen molar-refractivity contribution < 1.29 is 18.3 Å². The molecule has 2 aromatic carbocycles. The number of hydrogen-bond donors (Lipinski definition) is 1. The molecular weight excluding hydrogens is 466 g/mol. The smallest absolute Gasteiger partial charge is 0.246 e. The van der Waals surface area contributed by atoms with Gasteiger partial charge in [-0.05, 0) is 18.2 Å². The molecule has 11 heteroatoms. The summed E-state index contributed by atoms with van der Waals surface area (Å²) in [4.78, 5) is 24.4. The van der Waals surface area contributed by atoms with Gasteiger partial charge < -0.3 is 14.5 Å². The number of carbonyl (C=O) groups is 1. The van der Waals surface area contributed by atoms with Crippen LogP contribution >= 0.6 is 11.6 Å². The minimum absolute atomic E-state index is 0.0236. The Labute approximate surface area is 196 Å². The number of hydrogen-bond acceptors (Lipinski definition) is 6. The van der Waals surface area contributed by atoms with Crippen LogP contribution in [0.2, 0.25) is 5.02 Å². The van der Waals surface area contributed by atoms with Crippen molar-refractivity contribution in [1.29, 1.82) is 0 Å². The lowest BCUT2D eigenvalue weighted by Gasteiger charge is -2.40. The van der Waals surface area contributed by atoms with Crippen LogP contribution < -0.4 is 9.64 Å². The number of aromatic amines is 1. The van der Waals surface area contributed by atoms with E-state index in [1.165, 1.54) is 30.7 Å². The second-order valence-electron chi connectivity index (χ2n) is 8.15. The van der Waals surface area contributed by atoms with Crippen LogP contribution in [-0.4, -0.2) is 63.3 Å². The van der Waals surface area contributed by atoms with Gasteiger partial charge in [-0.3, -0.25) is 9.89 Å². The van der Waals surface area contributed by atoms with Gasteiger partial charge in [0.05, 0.1) is 28.2 Å². The van der Waals surface area contributed by atoms with Crippen molar-refractivity contribution in [3.05, 3.63) is 54.0 Å². The van der Waals surface area contributed by atoms with Crippen molar-refractivity contribution in [2.45, 2.75) is 6.04 Å². The molecule has 1 amide bonds. The van der Waals surface area contributed by atoms with Crippen molar-refractivity contribution in [1.82, 2.24) is 25.1 Å². The molecule has 2 aliphatic heterocycles. The van der Waals surface area contributed by atoms with Crippen LogP contribution in [0.15, 0.2) is 37.3 Å². The Kier molecular flexibility index (Phi) is 4.66. The van der Waals surface area contributed by atoms with Gasteiger partial charge in [0.25, 0.3) is 0 Å². The molecule has 172 valence electrons. The summed E-state index contributed by atoms with van der Waals surface area (Å²) in [6.07, 6.45) is 3.96. The van der Waals surface area contributed by atoms with Crippen molar-refractivity contribution in [2.75, 3.05) is 31.1 Å². The molecular formula is C23H17ClF2N6O2. The summed E-state index contributed by atoms with van der Waals surface area (Å²) in [5.41, 5.74) is 0.331. The van der Waals surface area contributed by atoms with Crippen LogP contribution in [0, 0.1) is 11.6 Å². The SMILES string of the molecule is C=CC(=O)N1CCN2c3ncnc4c(F)c(-c5c(F)ccc6[nH]ncc56)c(Cl)c(c34)OC[C@@H]2C1. The van der Waals surface area contributed by atoms with E-state index in [-0.39, 0.29) is 46.0 Å². The van der Waals surface area contributed by atoms with Gasteiger partial charge in [0.1, 0.15) is 30.1 Å². The zero-order valence-corrected chi connectivity index (χ0v) is 18.4. The first-order valence-electron chi connectivity index (χ1n) is 10.6. The third-order valence-electron chi connectivity index (χ3n) is 6.39. The van der Waals surface area contributed by atoms with Gasteiger partial charge >= 0.3 is 0 Å². The summed E-state index contributed by atoms with van der Waals surface area (Å²) in [5, 5.41) is 7.33. The van der Waals surface area contributed by atoms with Crippen LogP contribution in [0.5, 0.6) is 5.75 Å². The Bertz CT molecular complexity index is 1510. The third-order valence-corrected chi connectivity index (χ3v) is 6.75. The second-order valence-corrected chi connectivity index (χ2v) is 8.53. The Morgan fingerprint density at radius 3 is 2.94 bits per heavy atom. The topological polar surface area (TPSA) is 87.2 Å². The highest BCUT2D eigenvalue weighted by molar-refractivity contribution is 6.37. The maximum Gasteiger partial charge on any atom is 0.246 e. The number of halogens is 3. The van der Waals surface area contributed by atoms with E-state index in [9.17, 15) is 4.79 Å². The highest BCUT2D eigenvalue weighted by Crippen LogP contribution is 2.49. The number of H-pyrrole nitrogens is 1.